The molecule has 0 unspecified atom stereocenters. The maximum Gasteiger partial charge on any atom is 0.189 e. The Morgan fingerprint density at radius 2 is 2.29 bits per heavy atom. The lowest BCUT2D eigenvalue weighted by atomic mass is 10.3. The van der Waals surface area contributed by atoms with E-state index in [0.29, 0.717) is 0 Å². The monoisotopic (exact) mass is 251 g/mol. The Morgan fingerprint density at radius 3 is 3.00 bits per heavy atom. The first-order valence-corrected chi connectivity index (χ1v) is 6.17. The highest BCUT2D eigenvalue weighted by molar-refractivity contribution is 7.13. The van der Waals surface area contributed by atoms with Gasteiger partial charge in [-0.1, -0.05) is 6.07 Å². The van der Waals surface area contributed by atoms with Gasteiger partial charge in [0.05, 0.1) is 5.69 Å². The molecule has 0 aliphatic heterocycles. The molecule has 90 valence electrons. The van der Waals surface area contributed by atoms with Crippen LogP contribution in [0.5, 0.6) is 0 Å². The molecule has 0 saturated carbocycles. The van der Waals surface area contributed by atoms with Gasteiger partial charge in [-0.15, -0.1) is 11.3 Å². The van der Waals surface area contributed by atoms with Crippen LogP contribution in [0.4, 0.5) is 15.2 Å². The molecular weight excluding hydrogens is 237 g/mol. The molecule has 0 radical (unpaired) electrons. The van der Waals surface area contributed by atoms with E-state index in [1.807, 2.05) is 30.4 Å². The summed E-state index contributed by atoms with van der Waals surface area (Å²) in [6.45, 7) is 0.744. The summed E-state index contributed by atoms with van der Waals surface area (Å²) in [5.74, 6) is -0.235. The highest BCUT2D eigenvalue weighted by Gasteiger charge is 2.09. The molecule has 0 spiro atoms. The smallest absolute Gasteiger partial charge is 0.189 e. The number of thiazole rings is 1. The fraction of sp³-hybridized carbons (Fsp3) is 0.250. The van der Waals surface area contributed by atoms with Crippen molar-refractivity contribution in [3.05, 3.63) is 41.2 Å². The first-order chi connectivity index (χ1) is 8.20. The van der Waals surface area contributed by atoms with Gasteiger partial charge in [0.15, 0.2) is 5.13 Å². The van der Waals surface area contributed by atoms with Gasteiger partial charge in [0.25, 0.3) is 0 Å². The SMILES string of the molecule is CNCc1csc(N(C)c2cccc(F)c2)n1. The second kappa shape index (κ2) is 5.25. The number of hydrogen-bond acceptors (Lipinski definition) is 4. The van der Waals surface area contributed by atoms with Gasteiger partial charge >= 0.3 is 0 Å². The predicted molar refractivity (Wildman–Crippen MR) is 69.3 cm³/mol. The number of anilines is 2. The van der Waals surface area contributed by atoms with Gasteiger partial charge in [0.2, 0.25) is 0 Å². The lowest BCUT2D eigenvalue weighted by Gasteiger charge is -2.15. The van der Waals surface area contributed by atoms with Crippen molar-refractivity contribution in [1.29, 1.82) is 0 Å². The molecule has 1 N–H and O–H groups in total. The van der Waals surface area contributed by atoms with Gasteiger partial charge in [-0.05, 0) is 25.2 Å². The van der Waals surface area contributed by atoms with E-state index >= 15 is 0 Å². The van der Waals surface area contributed by atoms with Crippen molar-refractivity contribution in [2.75, 3.05) is 19.0 Å². The van der Waals surface area contributed by atoms with E-state index in [2.05, 4.69) is 10.3 Å². The number of rotatable bonds is 4. The molecule has 1 aromatic heterocycles. The molecule has 17 heavy (non-hydrogen) atoms. The minimum atomic E-state index is -0.235. The van der Waals surface area contributed by atoms with Gasteiger partial charge in [-0.25, -0.2) is 9.37 Å². The average Bonchev–Trinajstić information content (AvgIpc) is 2.77. The molecule has 0 aliphatic carbocycles. The van der Waals surface area contributed by atoms with E-state index in [0.717, 1.165) is 23.1 Å². The summed E-state index contributed by atoms with van der Waals surface area (Å²) in [5, 5.41) is 5.91. The molecule has 3 nitrogen and oxygen atoms in total. The lowest BCUT2D eigenvalue weighted by Crippen LogP contribution is -2.10. The number of aromatic nitrogens is 1. The minimum Gasteiger partial charge on any atom is -0.321 e. The van der Waals surface area contributed by atoms with Gasteiger partial charge in [-0.3, -0.25) is 0 Å². The third-order valence-corrected chi connectivity index (χ3v) is 3.35. The molecule has 0 amide bonds. The van der Waals surface area contributed by atoms with E-state index in [1.165, 1.54) is 12.1 Å². The molecular formula is C12H14FN3S. The maximum absolute atomic E-state index is 13.1. The molecule has 0 saturated heterocycles. The third kappa shape index (κ3) is 2.81. The van der Waals surface area contributed by atoms with Crippen LogP contribution in [0.15, 0.2) is 29.6 Å². The fourth-order valence-electron chi connectivity index (χ4n) is 1.51. The Bertz CT molecular complexity index is 498. The Hall–Kier alpha value is -1.46. The van der Waals surface area contributed by atoms with Crippen molar-refractivity contribution in [2.45, 2.75) is 6.54 Å². The summed E-state index contributed by atoms with van der Waals surface area (Å²) in [6, 6.07) is 6.50. The van der Waals surface area contributed by atoms with Gasteiger partial charge in [-0.2, -0.15) is 0 Å². The average molecular weight is 251 g/mol. The molecule has 1 heterocycles. The summed E-state index contributed by atoms with van der Waals surface area (Å²) in [6.07, 6.45) is 0. The molecule has 0 aliphatic rings. The standard InChI is InChI=1S/C12H14FN3S/c1-14-7-10-8-17-12(15-10)16(2)11-5-3-4-9(13)6-11/h3-6,8,14H,7H2,1-2H3. The van der Waals surface area contributed by atoms with E-state index < -0.39 is 0 Å². The van der Waals surface area contributed by atoms with E-state index in [9.17, 15) is 4.39 Å². The van der Waals surface area contributed by atoms with E-state index in [1.54, 1.807) is 17.4 Å². The van der Waals surface area contributed by atoms with Crippen LogP contribution < -0.4 is 10.2 Å². The van der Waals surface area contributed by atoms with Crippen LogP contribution in [0.1, 0.15) is 5.69 Å². The number of nitrogens with zero attached hydrogens (tertiary/aromatic N) is 2. The van der Waals surface area contributed by atoms with Crippen molar-refractivity contribution in [2.24, 2.45) is 0 Å². The largest absolute Gasteiger partial charge is 0.321 e. The highest BCUT2D eigenvalue weighted by Crippen LogP contribution is 2.27. The summed E-state index contributed by atoms with van der Waals surface area (Å²) in [4.78, 5) is 6.35. The molecule has 2 aromatic rings. The molecule has 0 atom stereocenters. The molecule has 5 heteroatoms. The van der Waals surface area contributed by atoms with Gasteiger partial charge in [0.1, 0.15) is 5.82 Å². The number of benzene rings is 1. The van der Waals surface area contributed by atoms with Crippen molar-refractivity contribution in [3.63, 3.8) is 0 Å². The zero-order valence-electron chi connectivity index (χ0n) is 9.77. The topological polar surface area (TPSA) is 28.2 Å². The Balaban J connectivity index is 2.21. The van der Waals surface area contributed by atoms with E-state index in [4.69, 9.17) is 0 Å². The van der Waals surface area contributed by atoms with Crippen molar-refractivity contribution < 1.29 is 4.39 Å². The minimum absolute atomic E-state index is 0.235. The summed E-state index contributed by atoms with van der Waals surface area (Å²) >= 11 is 1.55. The summed E-state index contributed by atoms with van der Waals surface area (Å²) in [7, 11) is 3.77. The molecule has 0 bridgehead atoms. The number of hydrogen-bond donors (Lipinski definition) is 1. The first kappa shape index (κ1) is 12.0. The maximum atomic E-state index is 13.1. The Morgan fingerprint density at radius 1 is 1.47 bits per heavy atom. The summed E-state index contributed by atoms with van der Waals surface area (Å²) < 4.78 is 13.1. The lowest BCUT2D eigenvalue weighted by molar-refractivity contribution is 0.628. The van der Waals surface area contributed by atoms with Crippen molar-refractivity contribution >= 4 is 22.2 Å². The van der Waals surface area contributed by atoms with Gasteiger partial charge in [0, 0.05) is 24.7 Å². The Labute approximate surface area is 104 Å². The number of halogens is 1. The highest BCUT2D eigenvalue weighted by atomic mass is 32.1. The van der Waals surface area contributed by atoms with Crippen molar-refractivity contribution in [1.82, 2.24) is 10.3 Å². The van der Waals surface area contributed by atoms with Crippen LogP contribution in [0.25, 0.3) is 0 Å². The molecule has 2 rings (SSSR count). The van der Waals surface area contributed by atoms with Crippen LogP contribution in [0.2, 0.25) is 0 Å². The second-order valence-corrected chi connectivity index (χ2v) is 4.53. The van der Waals surface area contributed by atoms with Crippen LogP contribution in [-0.4, -0.2) is 19.1 Å². The van der Waals surface area contributed by atoms with Crippen LogP contribution in [0.3, 0.4) is 0 Å². The van der Waals surface area contributed by atoms with Crippen molar-refractivity contribution in [3.8, 4) is 0 Å². The predicted octanol–water partition coefficient (Wildman–Crippen LogP) is 2.77. The number of nitrogens with one attached hydrogen (secondary N) is 1. The third-order valence-electron chi connectivity index (χ3n) is 2.38. The van der Waals surface area contributed by atoms with E-state index in [-0.39, 0.29) is 5.82 Å². The zero-order chi connectivity index (χ0) is 12.3. The van der Waals surface area contributed by atoms with Crippen LogP contribution in [-0.2, 0) is 6.54 Å². The Kier molecular flexibility index (Phi) is 3.71. The first-order valence-electron chi connectivity index (χ1n) is 5.29. The summed E-state index contributed by atoms with van der Waals surface area (Å²) in [5.41, 5.74) is 1.80. The molecule has 1 aromatic carbocycles. The quantitative estimate of drug-likeness (QED) is 0.905. The van der Waals surface area contributed by atoms with Crippen LogP contribution in [0, 0.1) is 5.82 Å². The second-order valence-electron chi connectivity index (χ2n) is 3.69. The zero-order valence-corrected chi connectivity index (χ0v) is 10.6. The van der Waals surface area contributed by atoms with Crippen LogP contribution >= 0.6 is 11.3 Å². The van der Waals surface area contributed by atoms with Gasteiger partial charge < -0.3 is 10.2 Å². The molecule has 0 fully saturated rings. The normalized spacial score (nSPS) is 10.5. The fourth-order valence-corrected chi connectivity index (χ4v) is 2.32.